The van der Waals surface area contributed by atoms with Crippen LogP contribution in [0.5, 0.6) is 0 Å². The van der Waals surface area contributed by atoms with Crippen molar-refractivity contribution < 1.29 is 9.59 Å². The van der Waals surface area contributed by atoms with E-state index in [2.05, 4.69) is 4.90 Å². The molecule has 1 heterocycles. The molecule has 1 amide bonds. The number of carbonyl (C=O) groups excluding carboxylic acids is 2. The van der Waals surface area contributed by atoms with Gasteiger partial charge in [-0.25, -0.2) is 0 Å². The highest BCUT2D eigenvalue weighted by Crippen LogP contribution is 2.23. The molecule has 130 valence electrons. The number of piperazine rings is 1. The first-order valence-corrected chi connectivity index (χ1v) is 9.34. The zero-order valence-electron chi connectivity index (χ0n) is 14.5. The van der Waals surface area contributed by atoms with E-state index in [4.69, 9.17) is 0 Å². The summed E-state index contributed by atoms with van der Waals surface area (Å²) in [7, 11) is 0. The molecule has 0 N–H and O–H groups in total. The third kappa shape index (κ3) is 4.44. The fourth-order valence-corrected chi connectivity index (χ4v) is 3.93. The molecule has 1 saturated heterocycles. The van der Waals surface area contributed by atoms with Crippen molar-refractivity contribution in [1.29, 1.82) is 0 Å². The molecule has 1 aromatic carbocycles. The highest BCUT2D eigenvalue weighted by Gasteiger charge is 2.27. The lowest BCUT2D eigenvalue weighted by molar-refractivity contribution is -0.133. The first-order valence-electron chi connectivity index (χ1n) is 9.34. The Morgan fingerprint density at radius 2 is 1.54 bits per heavy atom. The van der Waals surface area contributed by atoms with Gasteiger partial charge in [-0.05, 0) is 12.8 Å². The van der Waals surface area contributed by atoms with Crippen LogP contribution in [0.4, 0.5) is 0 Å². The van der Waals surface area contributed by atoms with Gasteiger partial charge in [0.15, 0.2) is 5.78 Å². The zero-order valence-corrected chi connectivity index (χ0v) is 14.5. The third-order valence-corrected chi connectivity index (χ3v) is 5.42. The van der Waals surface area contributed by atoms with E-state index >= 15 is 0 Å². The van der Waals surface area contributed by atoms with Crippen LogP contribution in [0, 0.1) is 0 Å². The largest absolute Gasteiger partial charge is 0.340 e. The van der Waals surface area contributed by atoms with E-state index in [0.29, 0.717) is 18.4 Å². The minimum absolute atomic E-state index is 0.0600. The van der Waals surface area contributed by atoms with E-state index in [1.54, 1.807) is 0 Å². The molecule has 1 aliphatic carbocycles. The molecule has 24 heavy (non-hydrogen) atoms. The fourth-order valence-electron chi connectivity index (χ4n) is 3.93. The average Bonchev–Trinajstić information content (AvgIpc) is 2.67. The molecular formula is C20H28N2O2. The number of ketones is 1. The van der Waals surface area contributed by atoms with Crippen LogP contribution in [0.3, 0.4) is 0 Å². The summed E-state index contributed by atoms with van der Waals surface area (Å²) in [5, 5.41) is 0. The van der Waals surface area contributed by atoms with Gasteiger partial charge in [-0.1, -0.05) is 49.6 Å². The number of nitrogens with zero attached hydrogens (tertiary/aromatic N) is 2. The first-order chi connectivity index (χ1) is 11.7. The van der Waals surface area contributed by atoms with Gasteiger partial charge in [0.25, 0.3) is 0 Å². The molecule has 0 unspecified atom stereocenters. The SMILES string of the molecule is O=C(CCC(=O)N1CCN(C2CCCCC2)CC1)c1ccccc1. The highest BCUT2D eigenvalue weighted by molar-refractivity contribution is 5.97. The Morgan fingerprint density at radius 1 is 0.875 bits per heavy atom. The van der Waals surface area contributed by atoms with Gasteiger partial charge < -0.3 is 4.90 Å². The van der Waals surface area contributed by atoms with Crippen LogP contribution in [0.1, 0.15) is 55.3 Å². The quantitative estimate of drug-likeness (QED) is 0.780. The topological polar surface area (TPSA) is 40.6 Å². The second-order valence-electron chi connectivity index (χ2n) is 7.00. The lowest BCUT2D eigenvalue weighted by Crippen LogP contribution is -2.52. The third-order valence-electron chi connectivity index (χ3n) is 5.42. The van der Waals surface area contributed by atoms with Gasteiger partial charge in [-0.3, -0.25) is 14.5 Å². The molecule has 2 fully saturated rings. The maximum absolute atomic E-state index is 12.4. The predicted octanol–water partition coefficient (Wildman–Crippen LogP) is 3.13. The van der Waals surface area contributed by atoms with Crippen molar-refractivity contribution in [3.05, 3.63) is 35.9 Å². The number of rotatable bonds is 5. The number of amides is 1. The van der Waals surface area contributed by atoms with Crippen LogP contribution in [0.25, 0.3) is 0 Å². The normalized spacial score (nSPS) is 20.1. The average molecular weight is 328 g/mol. The lowest BCUT2D eigenvalue weighted by Gasteiger charge is -2.40. The Balaban J connectivity index is 1.41. The van der Waals surface area contributed by atoms with Crippen molar-refractivity contribution in [2.75, 3.05) is 26.2 Å². The van der Waals surface area contributed by atoms with Gasteiger partial charge in [0.1, 0.15) is 0 Å². The van der Waals surface area contributed by atoms with Crippen molar-refractivity contribution >= 4 is 11.7 Å². The fraction of sp³-hybridized carbons (Fsp3) is 0.600. The molecule has 1 aliphatic heterocycles. The van der Waals surface area contributed by atoms with Crippen molar-refractivity contribution in [3.8, 4) is 0 Å². The summed E-state index contributed by atoms with van der Waals surface area (Å²) in [5.41, 5.74) is 0.701. The molecule has 2 aliphatic rings. The molecule has 1 aromatic rings. The first kappa shape index (κ1) is 17.2. The Hall–Kier alpha value is -1.68. The van der Waals surface area contributed by atoms with Crippen molar-refractivity contribution in [3.63, 3.8) is 0 Å². The number of benzene rings is 1. The van der Waals surface area contributed by atoms with E-state index in [-0.39, 0.29) is 11.7 Å². The number of hydrogen-bond donors (Lipinski definition) is 0. The van der Waals surface area contributed by atoms with E-state index in [0.717, 1.165) is 32.2 Å². The molecule has 0 aromatic heterocycles. The van der Waals surface area contributed by atoms with E-state index in [1.165, 1.54) is 32.1 Å². The summed E-state index contributed by atoms with van der Waals surface area (Å²) >= 11 is 0. The minimum atomic E-state index is 0.0600. The highest BCUT2D eigenvalue weighted by atomic mass is 16.2. The Bertz CT molecular complexity index is 544. The van der Waals surface area contributed by atoms with E-state index < -0.39 is 0 Å². The van der Waals surface area contributed by atoms with Crippen LogP contribution in [0.2, 0.25) is 0 Å². The molecule has 1 saturated carbocycles. The predicted molar refractivity (Wildman–Crippen MR) is 95.0 cm³/mol. The molecule has 3 rings (SSSR count). The second kappa shape index (κ2) is 8.43. The van der Waals surface area contributed by atoms with Gasteiger partial charge in [0.05, 0.1) is 0 Å². The standard InChI is InChI=1S/C20H28N2O2/c23-19(17-7-3-1-4-8-17)11-12-20(24)22-15-13-21(14-16-22)18-9-5-2-6-10-18/h1,3-4,7-8,18H,2,5-6,9-16H2. The minimum Gasteiger partial charge on any atom is -0.340 e. The van der Waals surface area contributed by atoms with Crippen LogP contribution in [0.15, 0.2) is 30.3 Å². The Labute approximate surface area is 144 Å². The number of hydrogen-bond acceptors (Lipinski definition) is 3. The number of carbonyl (C=O) groups is 2. The second-order valence-corrected chi connectivity index (χ2v) is 7.00. The summed E-state index contributed by atoms with van der Waals surface area (Å²) in [6, 6.07) is 9.98. The van der Waals surface area contributed by atoms with Gasteiger partial charge >= 0.3 is 0 Å². The van der Waals surface area contributed by atoms with E-state index in [1.807, 2.05) is 35.2 Å². The maximum atomic E-state index is 12.4. The Morgan fingerprint density at radius 3 is 2.21 bits per heavy atom. The molecule has 4 nitrogen and oxygen atoms in total. The lowest BCUT2D eigenvalue weighted by atomic mass is 9.94. The van der Waals surface area contributed by atoms with Gasteiger partial charge in [-0.15, -0.1) is 0 Å². The summed E-state index contributed by atoms with van der Waals surface area (Å²) in [6.45, 7) is 3.61. The summed E-state index contributed by atoms with van der Waals surface area (Å²) < 4.78 is 0. The van der Waals surface area contributed by atoms with Crippen molar-refractivity contribution in [2.24, 2.45) is 0 Å². The van der Waals surface area contributed by atoms with Gasteiger partial charge in [-0.2, -0.15) is 0 Å². The monoisotopic (exact) mass is 328 g/mol. The molecular weight excluding hydrogens is 300 g/mol. The van der Waals surface area contributed by atoms with Crippen LogP contribution >= 0.6 is 0 Å². The van der Waals surface area contributed by atoms with E-state index in [9.17, 15) is 9.59 Å². The van der Waals surface area contributed by atoms with Crippen LogP contribution in [-0.4, -0.2) is 53.7 Å². The Kier molecular flexibility index (Phi) is 6.02. The maximum Gasteiger partial charge on any atom is 0.223 e. The molecule has 0 spiro atoms. The summed E-state index contributed by atoms with van der Waals surface area (Å²) in [6.07, 6.45) is 7.36. The molecule has 0 bridgehead atoms. The van der Waals surface area contributed by atoms with Gasteiger partial charge in [0.2, 0.25) is 5.91 Å². The van der Waals surface area contributed by atoms with Crippen LogP contribution in [-0.2, 0) is 4.79 Å². The van der Waals surface area contributed by atoms with Gasteiger partial charge in [0, 0.05) is 50.6 Å². The number of Topliss-reactive ketones (excluding diaryl/α,β-unsaturated/α-hetero) is 1. The van der Waals surface area contributed by atoms with Crippen molar-refractivity contribution in [1.82, 2.24) is 9.80 Å². The van der Waals surface area contributed by atoms with Crippen molar-refractivity contribution in [2.45, 2.75) is 51.0 Å². The molecule has 0 radical (unpaired) electrons. The smallest absolute Gasteiger partial charge is 0.223 e. The van der Waals surface area contributed by atoms with Crippen LogP contribution < -0.4 is 0 Å². The zero-order chi connectivity index (χ0) is 16.8. The molecule has 4 heteroatoms. The molecule has 0 atom stereocenters. The summed E-state index contributed by atoms with van der Waals surface area (Å²) in [4.78, 5) is 29.0. The summed E-state index contributed by atoms with van der Waals surface area (Å²) in [5.74, 6) is 0.187.